The van der Waals surface area contributed by atoms with E-state index in [1.165, 1.54) is 0 Å². The minimum Gasteiger partial charge on any atom is -0.390 e. The van der Waals surface area contributed by atoms with Crippen LogP contribution >= 0.6 is 0 Å². The molecule has 4 nitrogen and oxygen atoms in total. The zero-order valence-electron chi connectivity index (χ0n) is 10.1. The van der Waals surface area contributed by atoms with Crippen LogP contribution < -0.4 is 0 Å². The average molecular weight is 211 g/mol. The number of hydrogen-bond donors (Lipinski definition) is 1. The van der Waals surface area contributed by atoms with Gasteiger partial charge in [0.05, 0.1) is 24.8 Å². The molecule has 0 fully saturated rings. The van der Waals surface area contributed by atoms with Gasteiger partial charge in [-0.25, -0.2) is 4.98 Å². The Hall–Kier alpha value is -0.870. The summed E-state index contributed by atoms with van der Waals surface area (Å²) in [6.07, 6.45) is 3.49. The third-order valence-corrected chi connectivity index (χ3v) is 2.30. The van der Waals surface area contributed by atoms with Crippen LogP contribution in [-0.2, 0) is 13.2 Å². The van der Waals surface area contributed by atoms with Crippen molar-refractivity contribution in [3.63, 3.8) is 0 Å². The van der Waals surface area contributed by atoms with E-state index >= 15 is 0 Å². The number of rotatable bonds is 5. The first-order valence-electron chi connectivity index (χ1n) is 5.19. The van der Waals surface area contributed by atoms with Crippen molar-refractivity contribution in [1.29, 1.82) is 0 Å². The van der Waals surface area contributed by atoms with Crippen molar-refractivity contribution in [3.05, 3.63) is 18.2 Å². The molecular formula is C11H21N3O. The van der Waals surface area contributed by atoms with Crippen LogP contribution in [0.2, 0.25) is 0 Å². The van der Waals surface area contributed by atoms with E-state index < -0.39 is 0 Å². The lowest BCUT2D eigenvalue weighted by molar-refractivity contribution is 0.202. The first-order valence-corrected chi connectivity index (χ1v) is 5.19. The molecular weight excluding hydrogens is 190 g/mol. The highest BCUT2D eigenvalue weighted by molar-refractivity contribution is 4.97. The maximum atomic E-state index is 9.11. The molecule has 0 saturated carbocycles. The Balaban J connectivity index is 2.68. The molecule has 0 radical (unpaired) electrons. The van der Waals surface area contributed by atoms with Crippen molar-refractivity contribution in [2.24, 2.45) is 5.41 Å². The summed E-state index contributed by atoms with van der Waals surface area (Å²) in [5.74, 6) is 0. The monoisotopic (exact) mass is 211 g/mol. The molecule has 15 heavy (non-hydrogen) atoms. The average Bonchev–Trinajstić information content (AvgIpc) is 2.48. The molecule has 0 amide bonds. The third-order valence-electron chi connectivity index (χ3n) is 2.30. The molecule has 0 aliphatic heterocycles. The van der Waals surface area contributed by atoms with Crippen LogP contribution in [-0.4, -0.2) is 40.2 Å². The zero-order chi connectivity index (χ0) is 11.5. The van der Waals surface area contributed by atoms with Crippen molar-refractivity contribution in [2.75, 3.05) is 20.6 Å². The lowest BCUT2D eigenvalue weighted by Gasteiger charge is -2.29. The Bertz CT molecular complexity index is 305. The summed E-state index contributed by atoms with van der Waals surface area (Å²) in [6, 6.07) is 0. The molecule has 0 atom stereocenters. The van der Waals surface area contributed by atoms with Crippen molar-refractivity contribution >= 4 is 0 Å². The van der Waals surface area contributed by atoms with Gasteiger partial charge >= 0.3 is 0 Å². The summed E-state index contributed by atoms with van der Waals surface area (Å²) in [4.78, 5) is 6.22. The molecule has 0 spiro atoms. The van der Waals surface area contributed by atoms with E-state index in [-0.39, 0.29) is 12.0 Å². The second-order valence-electron chi connectivity index (χ2n) is 5.07. The van der Waals surface area contributed by atoms with E-state index in [4.69, 9.17) is 5.11 Å². The Labute approximate surface area is 91.5 Å². The minimum absolute atomic E-state index is 0.0536. The maximum Gasteiger partial charge on any atom is 0.0949 e. The van der Waals surface area contributed by atoms with Crippen LogP contribution in [0, 0.1) is 5.41 Å². The van der Waals surface area contributed by atoms with Crippen molar-refractivity contribution in [3.8, 4) is 0 Å². The summed E-state index contributed by atoms with van der Waals surface area (Å²) < 4.78 is 2.02. The highest BCUT2D eigenvalue weighted by Crippen LogP contribution is 2.19. The van der Waals surface area contributed by atoms with Gasteiger partial charge in [0.2, 0.25) is 0 Å². The Morgan fingerprint density at radius 3 is 2.67 bits per heavy atom. The lowest BCUT2D eigenvalue weighted by Crippen LogP contribution is -2.32. The molecule has 1 rings (SSSR count). The van der Waals surface area contributed by atoms with Gasteiger partial charge in [0.1, 0.15) is 0 Å². The van der Waals surface area contributed by atoms with Gasteiger partial charge in [-0.15, -0.1) is 0 Å². The Kier molecular flexibility index (Phi) is 3.88. The molecule has 4 heteroatoms. The number of imidazole rings is 1. The quantitative estimate of drug-likeness (QED) is 0.789. The minimum atomic E-state index is 0.0536. The van der Waals surface area contributed by atoms with E-state index in [9.17, 15) is 0 Å². The predicted octanol–water partition coefficient (Wildman–Crippen LogP) is 0.963. The van der Waals surface area contributed by atoms with Gasteiger partial charge in [0, 0.05) is 13.1 Å². The molecule has 0 unspecified atom stereocenters. The summed E-state index contributed by atoms with van der Waals surface area (Å²) in [5.41, 5.74) is 1.05. The number of aromatic nitrogens is 2. The Morgan fingerprint density at radius 1 is 1.47 bits per heavy atom. The van der Waals surface area contributed by atoms with Crippen LogP contribution in [0.4, 0.5) is 0 Å². The standard InChI is InChI=1S/C11H21N3O/c1-11(2,7-13(3)4)8-14-9-12-5-10(14)6-15/h5,9,15H,6-8H2,1-4H3. The van der Waals surface area contributed by atoms with E-state index in [1.54, 1.807) is 12.5 Å². The molecule has 0 bridgehead atoms. The molecule has 0 saturated heterocycles. The summed E-state index contributed by atoms with van der Waals surface area (Å²) in [6.45, 7) is 6.37. The molecule has 0 aliphatic rings. The third kappa shape index (κ3) is 3.64. The van der Waals surface area contributed by atoms with Gasteiger partial charge in [0.15, 0.2) is 0 Å². The van der Waals surface area contributed by atoms with Gasteiger partial charge in [-0.1, -0.05) is 13.8 Å². The van der Waals surface area contributed by atoms with E-state index in [1.807, 2.05) is 4.57 Å². The first-order chi connectivity index (χ1) is 6.94. The first kappa shape index (κ1) is 12.2. The van der Waals surface area contributed by atoms with Crippen LogP contribution in [0.5, 0.6) is 0 Å². The van der Waals surface area contributed by atoms with E-state index in [2.05, 4.69) is 37.8 Å². The fourth-order valence-corrected chi connectivity index (χ4v) is 1.99. The smallest absolute Gasteiger partial charge is 0.0949 e. The number of hydrogen-bond acceptors (Lipinski definition) is 3. The van der Waals surface area contributed by atoms with Crippen molar-refractivity contribution in [1.82, 2.24) is 14.5 Å². The van der Waals surface area contributed by atoms with Crippen molar-refractivity contribution < 1.29 is 5.11 Å². The molecule has 1 N–H and O–H groups in total. The summed E-state index contributed by atoms with van der Waals surface area (Å²) in [7, 11) is 4.14. The molecule has 1 aromatic rings. The fraction of sp³-hybridized carbons (Fsp3) is 0.727. The van der Waals surface area contributed by atoms with Gasteiger partial charge in [-0.3, -0.25) is 0 Å². The molecule has 1 aromatic heterocycles. The summed E-state index contributed by atoms with van der Waals surface area (Å²) >= 11 is 0. The van der Waals surface area contributed by atoms with Crippen LogP contribution in [0.25, 0.3) is 0 Å². The van der Waals surface area contributed by atoms with Crippen LogP contribution in [0.3, 0.4) is 0 Å². The zero-order valence-corrected chi connectivity index (χ0v) is 10.1. The largest absolute Gasteiger partial charge is 0.390 e. The highest BCUT2D eigenvalue weighted by Gasteiger charge is 2.20. The van der Waals surface area contributed by atoms with Crippen molar-refractivity contribution in [2.45, 2.75) is 27.0 Å². The summed E-state index contributed by atoms with van der Waals surface area (Å²) in [5, 5.41) is 9.11. The van der Waals surface area contributed by atoms with Crippen LogP contribution in [0.15, 0.2) is 12.5 Å². The molecule has 0 aromatic carbocycles. The van der Waals surface area contributed by atoms with E-state index in [0.717, 1.165) is 18.8 Å². The highest BCUT2D eigenvalue weighted by atomic mass is 16.3. The predicted molar refractivity (Wildman–Crippen MR) is 60.5 cm³/mol. The SMILES string of the molecule is CN(C)CC(C)(C)Cn1cncc1CO. The normalized spacial score (nSPS) is 12.4. The van der Waals surface area contributed by atoms with E-state index in [0.29, 0.717) is 0 Å². The lowest BCUT2D eigenvalue weighted by atomic mass is 9.93. The van der Waals surface area contributed by atoms with Gasteiger partial charge < -0.3 is 14.6 Å². The Morgan fingerprint density at radius 2 is 2.13 bits per heavy atom. The van der Waals surface area contributed by atoms with Gasteiger partial charge in [0.25, 0.3) is 0 Å². The number of aliphatic hydroxyl groups excluding tert-OH is 1. The number of nitrogens with zero attached hydrogens (tertiary/aromatic N) is 3. The van der Waals surface area contributed by atoms with Crippen LogP contribution in [0.1, 0.15) is 19.5 Å². The second-order valence-corrected chi connectivity index (χ2v) is 5.07. The molecule has 86 valence electrons. The second kappa shape index (κ2) is 4.77. The van der Waals surface area contributed by atoms with Gasteiger partial charge in [-0.05, 0) is 19.5 Å². The fourth-order valence-electron chi connectivity index (χ4n) is 1.99. The topological polar surface area (TPSA) is 41.3 Å². The maximum absolute atomic E-state index is 9.11. The molecule has 1 heterocycles. The van der Waals surface area contributed by atoms with Gasteiger partial charge in [-0.2, -0.15) is 0 Å². The molecule has 0 aliphatic carbocycles. The number of aliphatic hydroxyl groups is 1.